The average molecular weight is 320 g/mol. The first kappa shape index (κ1) is 15.1. The average Bonchev–Trinajstić information content (AvgIpc) is 3.10. The summed E-state index contributed by atoms with van der Waals surface area (Å²) in [7, 11) is 3.83. The van der Waals surface area contributed by atoms with Crippen molar-refractivity contribution in [2.45, 2.75) is 43.8 Å². The van der Waals surface area contributed by atoms with Gasteiger partial charge in [0.2, 0.25) is 17.7 Å². The topological polar surface area (TPSA) is 71.7 Å². The monoisotopic (exact) mass is 320 g/mol. The SMILES string of the molecule is CN(C)CC(=O)N1CC[C@@H]2C[C@@H](c3nnc(C4CC4)o3)O[C@H]2C1. The van der Waals surface area contributed by atoms with Crippen LogP contribution in [0.5, 0.6) is 0 Å². The number of hydrogen-bond acceptors (Lipinski definition) is 6. The second-order valence-corrected chi connectivity index (χ2v) is 7.28. The molecule has 0 bridgehead atoms. The van der Waals surface area contributed by atoms with E-state index in [1.54, 1.807) is 0 Å². The van der Waals surface area contributed by atoms with Crippen molar-refractivity contribution in [1.29, 1.82) is 0 Å². The highest BCUT2D eigenvalue weighted by atomic mass is 16.5. The number of fused-ring (bicyclic) bond motifs is 1. The first-order chi connectivity index (χ1) is 11.1. The minimum Gasteiger partial charge on any atom is -0.422 e. The van der Waals surface area contributed by atoms with Crippen molar-refractivity contribution in [3.05, 3.63) is 11.8 Å². The van der Waals surface area contributed by atoms with Crippen LogP contribution in [0.4, 0.5) is 0 Å². The molecule has 1 amide bonds. The Balaban J connectivity index is 1.38. The Bertz CT molecular complexity index is 584. The number of amides is 1. The maximum Gasteiger partial charge on any atom is 0.245 e. The molecule has 3 fully saturated rings. The highest BCUT2D eigenvalue weighted by Gasteiger charge is 2.43. The minimum absolute atomic E-state index is 0.0936. The van der Waals surface area contributed by atoms with E-state index in [0.29, 0.717) is 30.8 Å². The Labute approximate surface area is 136 Å². The molecule has 1 aromatic heterocycles. The Hall–Kier alpha value is -1.47. The molecule has 3 atom stereocenters. The molecule has 4 rings (SSSR count). The molecule has 3 aliphatic rings. The Kier molecular flexibility index (Phi) is 3.85. The second-order valence-electron chi connectivity index (χ2n) is 7.28. The van der Waals surface area contributed by atoms with E-state index in [0.717, 1.165) is 38.1 Å². The molecule has 1 aliphatic carbocycles. The molecule has 1 saturated carbocycles. The van der Waals surface area contributed by atoms with E-state index >= 15 is 0 Å². The van der Waals surface area contributed by atoms with Crippen LogP contribution < -0.4 is 0 Å². The maximum atomic E-state index is 12.2. The molecule has 0 aromatic carbocycles. The van der Waals surface area contributed by atoms with Gasteiger partial charge in [0, 0.05) is 19.0 Å². The molecule has 0 spiro atoms. The number of likely N-dealkylation sites (tertiary alicyclic amines) is 1. The van der Waals surface area contributed by atoms with E-state index in [1.165, 1.54) is 0 Å². The van der Waals surface area contributed by atoms with Gasteiger partial charge in [0.1, 0.15) is 6.10 Å². The molecule has 1 aromatic rings. The predicted molar refractivity (Wildman–Crippen MR) is 81.7 cm³/mol. The van der Waals surface area contributed by atoms with Gasteiger partial charge in [-0.25, -0.2) is 0 Å². The number of rotatable bonds is 4. The van der Waals surface area contributed by atoms with E-state index in [2.05, 4.69) is 10.2 Å². The Morgan fingerprint density at radius 3 is 2.78 bits per heavy atom. The van der Waals surface area contributed by atoms with Gasteiger partial charge in [-0.3, -0.25) is 4.79 Å². The highest BCUT2D eigenvalue weighted by Crippen LogP contribution is 2.43. The van der Waals surface area contributed by atoms with Gasteiger partial charge in [-0.2, -0.15) is 0 Å². The summed E-state index contributed by atoms with van der Waals surface area (Å²) in [5.41, 5.74) is 0. The molecule has 2 saturated heterocycles. The highest BCUT2D eigenvalue weighted by molar-refractivity contribution is 5.78. The van der Waals surface area contributed by atoms with E-state index in [1.807, 2.05) is 23.9 Å². The normalized spacial score (nSPS) is 30.7. The number of carbonyl (C=O) groups excluding carboxylic acids is 1. The van der Waals surface area contributed by atoms with Gasteiger partial charge in [0.25, 0.3) is 0 Å². The molecule has 7 heteroatoms. The molecular weight excluding hydrogens is 296 g/mol. The quantitative estimate of drug-likeness (QED) is 0.830. The van der Waals surface area contributed by atoms with Gasteiger partial charge < -0.3 is 19.0 Å². The zero-order chi connectivity index (χ0) is 16.0. The molecule has 23 heavy (non-hydrogen) atoms. The zero-order valence-electron chi connectivity index (χ0n) is 13.8. The fourth-order valence-corrected chi connectivity index (χ4v) is 3.56. The Morgan fingerprint density at radius 2 is 2.04 bits per heavy atom. The van der Waals surface area contributed by atoms with Crippen LogP contribution in [0.25, 0.3) is 0 Å². The van der Waals surface area contributed by atoms with Crippen molar-refractivity contribution in [3.8, 4) is 0 Å². The zero-order valence-corrected chi connectivity index (χ0v) is 13.8. The van der Waals surface area contributed by atoms with Crippen LogP contribution in [-0.4, -0.2) is 65.7 Å². The summed E-state index contributed by atoms with van der Waals surface area (Å²) < 4.78 is 11.9. The lowest BCUT2D eigenvalue weighted by Gasteiger charge is -2.34. The number of piperidine rings is 1. The number of ether oxygens (including phenoxy) is 1. The van der Waals surface area contributed by atoms with Crippen LogP contribution in [0.3, 0.4) is 0 Å². The third-order valence-corrected chi connectivity index (χ3v) is 5.01. The van der Waals surface area contributed by atoms with Crippen molar-refractivity contribution in [1.82, 2.24) is 20.0 Å². The molecule has 3 heterocycles. The number of carbonyl (C=O) groups is 1. The Morgan fingerprint density at radius 1 is 1.26 bits per heavy atom. The molecule has 7 nitrogen and oxygen atoms in total. The number of aromatic nitrogens is 2. The largest absolute Gasteiger partial charge is 0.422 e. The summed E-state index contributed by atoms with van der Waals surface area (Å²) in [5, 5.41) is 8.33. The van der Waals surface area contributed by atoms with Gasteiger partial charge in [0.15, 0.2) is 0 Å². The smallest absolute Gasteiger partial charge is 0.245 e. The van der Waals surface area contributed by atoms with Crippen molar-refractivity contribution < 1.29 is 13.9 Å². The predicted octanol–water partition coefficient (Wildman–Crippen LogP) is 1.19. The fraction of sp³-hybridized carbons (Fsp3) is 0.812. The fourth-order valence-electron chi connectivity index (χ4n) is 3.56. The third-order valence-electron chi connectivity index (χ3n) is 5.01. The van der Waals surface area contributed by atoms with Gasteiger partial charge in [0.05, 0.1) is 12.6 Å². The van der Waals surface area contributed by atoms with E-state index in [9.17, 15) is 4.79 Å². The van der Waals surface area contributed by atoms with Crippen molar-refractivity contribution >= 4 is 5.91 Å². The first-order valence-corrected chi connectivity index (χ1v) is 8.51. The van der Waals surface area contributed by atoms with Gasteiger partial charge >= 0.3 is 0 Å². The van der Waals surface area contributed by atoms with E-state index in [4.69, 9.17) is 9.15 Å². The summed E-state index contributed by atoms with van der Waals surface area (Å²) >= 11 is 0. The van der Waals surface area contributed by atoms with Crippen molar-refractivity contribution in [2.75, 3.05) is 33.7 Å². The summed E-state index contributed by atoms with van der Waals surface area (Å²) in [6, 6.07) is 0. The van der Waals surface area contributed by atoms with Crippen LogP contribution in [0.2, 0.25) is 0 Å². The van der Waals surface area contributed by atoms with E-state index < -0.39 is 0 Å². The number of nitrogens with zero attached hydrogens (tertiary/aromatic N) is 4. The van der Waals surface area contributed by atoms with Gasteiger partial charge in [-0.15, -0.1) is 10.2 Å². The molecular formula is C16H24N4O3. The van der Waals surface area contributed by atoms with Crippen LogP contribution in [0.15, 0.2) is 4.42 Å². The van der Waals surface area contributed by atoms with Crippen LogP contribution >= 0.6 is 0 Å². The summed E-state index contributed by atoms with van der Waals surface area (Å²) in [6.45, 7) is 1.95. The summed E-state index contributed by atoms with van der Waals surface area (Å²) in [5.74, 6) is 2.52. The molecule has 0 radical (unpaired) electrons. The lowest BCUT2D eigenvalue weighted by molar-refractivity contribution is -0.136. The van der Waals surface area contributed by atoms with Crippen LogP contribution in [0.1, 0.15) is 49.5 Å². The van der Waals surface area contributed by atoms with Crippen molar-refractivity contribution in [3.63, 3.8) is 0 Å². The lowest BCUT2D eigenvalue weighted by Crippen LogP contribution is -2.47. The van der Waals surface area contributed by atoms with Gasteiger partial charge in [-0.1, -0.05) is 0 Å². The van der Waals surface area contributed by atoms with Crippen LogP contribution in [-0.2, 0) is 9.53 Å². The molecule has 2 aliphatic heterocycles. The van der Waals surface area contributed by atoms with Gasteiger partial charge in [-0.05, 0) is 45.7 Å². The summed E-state index contributed by atoms with van der Waals surface area (Å²) in [6.07, 6.45) is 4.21. The molecule has 0 unspecified atom stereocenters. The molecule has 126 valence electrons. The third kappa shape index (κ3) is 3.12. The second kappa shape index (κ2) is 5.87. The summed E-state index contributed by atoms with van der Waals surface area (Å²) in [4.78, 5) is 16.1. The lowest BCUT2D eigenvalue weighted by atomic mass is 9.91. The maximum absolute atomic E-state index is 12.2. The molecule has 0 N–H and O–H groups in total. The number of hydrogen-bond donors (Lipinski definition) is 0. The van der Waals surface area contributed by atoms with Crippen LogP contribution in [0, 0.1) is 5.92 Å². The minimum atomic E-state index is -0.103. The first-order valence-electron chi connectivity index (χ1n) is 8.51. The standard InChI is InChI=1S/C16H24N4O3/c1-19(2)9-14(21)20-6-5-11-7-12(22-13(11)8-20)16-18-17-15(23-16)10-3-4-10/h10-13H,3-9H2,1-2H3/t11-,12+,13+/m1/s1. The van der Waals surface area contributed by atoms with Crippen molar-refractivity contribution in [2.24, 2.45) is 5.92 Å². The van der Waals surface area contributed by atoms with E-state index in [-0.39, 0.29) is 18.1 Å². The number of likely N-dealkylation sites (N-methyl/N-ethyl adjacent to an activating group) is 1.